The van der Waals surface area contributed by atoms with Gasteiger partial charge in [0.1, 0.15) is 11.6 Å². The van der Waals surface area contributed by atoms with Crippen molar-refractivity contribution in [3.05, 3.63) is 72.9 Å². The summed E-state index contributed by atoms with van der Waals surface area (Å²) in [5.74, 6) is 1.32. The van der Waals surface area contributed by atoms with E-state index in [1.807, 2.05) is 54.6 Å². The van der Waals surface area contributed by atoms with E-state index >= 15 is 0 Å². The minimum Gasteiger partial charge on any atom is -0.481 e. The first-order valence-electron chi connectivity index (χ1n) is 10.1. The topological polar surface area (TPSA) is 63.7 Å². The first kappa shape index (κ1) is 19.9. The van der Waals surface area contributed by atoms with E-state index < -0.39 is 6.10 Å². The number of aromatic nitrogens is 1. The molecule has 0 spiro atoms. The number of benzene rings is 2. The van der Waals surface area contributed by atoms with Crippen LogP contribution in [0.25, 0.3) is 11.1 Å². The van der Waals surface area contributed by atoms with Gasteiger partial charge in [-0.1, -0.05) is 42.5 Å². The summed E-state index contributed by atoms with van der Waals surface area (Å²) in [7, 11) is 0. The molecule has 0 bridgehead atoms. The summed E-state index contributed by atoms with van der Waals surface area (Å²) in [4.78, 5) is 19.1. The predicted molar refractivity (Wildman–Crippen MR) is 118 cm³/mol. The average molecular weight is 403 g/mol. The Hall–Kier alpha value is -3.38. The van der Waals surface area contributed by atoms with Crippen molar-refractivity contribution in [3.63, 3.8) is 0 Å². The Kier molecular flexibility index (Phi) is 6.25. The number of morpholine rings is 1. The quantitative estimate of drug-likeness (QED) is 0.674. The molecule has 0 aliphatic carbocycles. The van der Waals surface area contributed by atoms with Gasteiger partial charge in [-0.15, -0.1) is 0 Å². The molecule has 154 valence electrons. The lowest BCUT2D eigenvalue weighted by Crippen LogP contribution is -2.36. The molecular formula is C24H25N3O3. The number of hydrogen-bond donors (Lipinski definition) is 1. The molecule has 30 heavy (non-hydrogen) atoms. The molecule has 6 heteroatoms. The molecule has 6 nitrogen and oxygen atoms in total. The van der Waals surface area contributed by atoms with Gasteiger partial charge in [-0.3, -0.25) is 4.79 Å². The largest absolute Gasteiger partial charge is 0.481 e. The van der Waals surface area contributed by atoms with Crippen molar-refractivity contribution in [3.8, 4) is 16.9 Å². The maximum atomic E-state index is 12.5. The normalized spacial score (nSPS) is 14.8. The molecule has 1 unspecified atom stereocenters. The number of pyridine rings is 1. The standard InChI is InChI=1S/C24H25N3O3/c1-18(30-22-10-7-20(8-11-22)19-5-3-2-4-6-19)24(28)26-21-9-12-23(25-17-21)27-13-15-29-16-14-27/h2-12,17-18H,13-16H2,1H3,(H,26,28). The average Bonchev–Trinajstić information content (AvgIpc) is 2.81. The van der Waals surface area contributed by atoms with E-state index in [9.17, 15) is 4.79 Å². The molecule has 1 N–H and O–H groups in total. The summed E-state index contributed by atoms with van der Waals surface area (Å²) in [5.41, 5.74) is 2.89. The number of hydrogen-bond acceptors (Lipinski definition) is 5. The van der Waals surface area contributed by atoms with Crippen molar-refractivity contribution in [2.45, 2.75) is 13.0 Å². The molecule has 1 aliphatic heterocycles. The second kappa shape index (κ2) is 9.41. The van der Waals surface area contributed by atoms with E-state index in [0.29, 0.717) is 24.7 Å². The van der Waals surface area contributed by atoms with Gasteiger partial charge in [0.15, 0.2) is 6.10 Å². The summed E-state index contributed by atoms with van der Waals surface area (Å²) in [6, 6.07) is 21.6. The summed E-state index contributed by atoms with van der Waals surface area (Å²) in [6.45, 7) is 4.80. The van der Waals surface area contributed by atoms with Gasteiger partial charge in [-0.25, -0.2) is 4.98 Å². The van der Waals surface area contributed by atoms with E-state index in [1.165, 1.54) is 0 Å². The molecule has 4 rings (SSSR count). The number of ether oxygens (including phenoxy) is 2. The van der Waals surface area contributed by atoms with Crippen LogP contribution in [0.2, 0.25) is 0 Å². The van der Waals surface area contributed by atoms with Crippen molar-refractivity contribution < 1.29 is 14.3 Å². The number of nitrogens with one attached hydrogen (secondary N) is 1. The summed E-state index contributed by atoms with van der Waals surface area (Å²) in [6.07, 6.45) is 1.04. The Morgan fingerprint density at radius 1 is 1.00 bits per heavy atom. The molecule has 1 amide bonds. The molecule has 0 saturated carbocycles. The minimum atomic E-state index is -0.633. The third-order valence-corrected chi connectivity index (χ3v) is 4.99. The molecule has 1 aliphatic rings. The van der Waals surface area contributed by atoms with Crippen LogP contribution in [0.15, 0.2) is 72.9 Å². The van der Waals surface area contributed by atoms with Crippen LogP contribution in [0.5, 0.6) is 5.75 Å². The van der Waals surface area contributed by atoms with Gasteiger partial charge < -0.3 is 19.7 Å². The number of anilines is 2. The van der Waals surface area contributed by atoms with Gasteiger partial charge in [-0.05, 0) is 42.3 Å². The van der Waals surface area contributed by atoms with Crippen LogP contribution in [0.4, 0.5) is 11.5 Å². The fourth-order valence-electron chi connectivity index (χ4n) is 3.30. The smallest absolute Gasteiger partial charge is 0.265 e. The Bertz CT molecular complexity index is 953. The van der Waals surface area contributed by atoms with Gasteiger partial charge in [0.2, 0.25) is 0 Å². The fraction of sp³-hybridized carbons (Fsp3) is 0.250. The maximum Gasteiger partial charge on any atom is 0.265 e. The van der Waals surface area contributed by atoms with Crippen LogP contribution in [0.3, 0.4) is 0 Å². The van der Waals surface area contributed by atoms with E-state index in [2.05, 4.69) is 27.3 Å². The lowest BCUT2D eigenvalue weighted by molar-refractivity contribution is -0.122. The number of carbonyl (C=O) groups excluding carboxylic acids is 1. The van der Waals surface area contributed by atoms with Gasteiger partial charge in [0.05, 0.1) is 25.1 Å². The highest BCUT2D eigenvalue weighted by Gasteiger charge is 2.16. The van der Waals surface area contributed by atoms with Gasteiger partial charge >= 0.3 is 0 Å². The van der Waals surface area contributed by atoms with Crippen molar-refractivity contribution in [1.82, 2.24) is 4.98 Å². The zero-order valence-corrected chi connectivity index (χ0v) is 17.0. The molecule has 1 saturated heterocycles. The predicted octanol–water partition coefficient (Wildman–Crippen LogP) is 3.99. The molecule has 1 atom stereocenters. The molecule has 3 aromatic rings. The zero-order chi connectivity index (χ0) is 20.8. The second-order valence-electron chi connectivity index (χ2n) is 7.14. The number of rotatable bonds is 6. The Morgan fingerprint density at radius 2 is 1.70 bits per heavy atom. The van der Waals surface area contributed by atoms with E-state index in [0.717, 1.165) is 30.0 Å². The van der Waals surface area contributed by atoms with Crippen molar-refractivity contribution in [2.24, 2.45) is 0 Å². The van der Waals surface area contributed by atoms with E-state index in [4.69, 9.17) is 9.47 Å². The summed E-state index contributed by atoms with van der Waals surface area (Å²) < 4.78 is 11.2. The first-order chi connectivity index (χ1) is 14.7. The van der Waals surface area contributed by atoms with Crippen LogP contribution < -0.4 is 15.0 Å². The molecule has 2 heterocycles. The van der Waals surface area contributed by atoms with Crippen molar-refractivity contribution >= 4 is 17.4 Å². The van der Waals surface area contributed by atoms with Crippen LogP contribution in [-0.4, -0.2) is 43.3 Å². The first-order valence-corrected chi connectivity index (χ1v) is 10.1. The van der Waals surface area contributed by atoms with E-state index in [1.54, 1.807) is 13.1 Å². The maximum absolute atomic E-state index is 12.5. The van der Waals surface area contributed by atoms with E-state index in [-0.39, 0.29) is 5.91 Å². The van der Waals surface area contributed by atoms with Crippen LogP contribution >= 0.6 is 0 Å². The molecule has 0 radical (unpaired) electrons. The van der Waals surface area contributed by atoms with Crippen molar-refractivity contribution in [1.29, 1.82) is 0 Å². The zero-order valence-electron chi connectivity index (χ0n) is 17.0. The molecule has 2 aromatic carbocycles. The Balaban J connectivity index is 1.32. The molecule has 1 aromatic heterocycles. The number of carbonyl (C=O) groups is 1. The van der Waals surface area contributed by atoms with Crippen molar-refractivity contribution in [2.75, 3.05) is 36.5 Å². The summed E-state index contributed by atoms with van der Waals surface area (Å²) in [5, 5.41) is 2.86. The summed E-state index contributed by atoms with van der Waals surface area (Å²) >= 11 is 0. The highest BCUT2D eigenvalue weighted by molar-refractivity contribution is 5.94. The molecule has 1 fully saturated rings. The van der Waals surface area contributed by atoms with Crippen LogP contribution in [0.1, 0.15) is 6.92 Å². The van der Waals surface area contributed by atoms with Gasteiger partial charge in [0.25, 0.3) is 5.91 Å². The SMILES string of the molecule is CC(Oc1ccc(-c2ccccc2)cc1)C(=O)Nc1ccc(N2CCOCC2)nc1. The van der Waals surface area contributed by atoms with Gasteiger partial charge in [0, 0.05) is 13.1 Å². The van der Waals surface area contributed by atoms with Crippen LogP contribution in [-0.2, 0) is 9.53 Å². The fourth-order valence-corrected chi connectivity index (χ4v) is 3.30. The monoisotopic (exact) mass is 403 g/mol. The van der Waals surface area contributed by atoms with Gasteiger partial charge in [-0.2, -0.15) is 0 Å². The Labute approximate surface area is 176 Å². The highest BCUT2D eigenvalue weighted by Crippen LogP contribution is 2.23. The minimum absolute atomic E-state index is 0.219. The lowest BCUT2D eigenvalue weighted by Gasteiger charge is -2.27. The lowest BCUT2D eigenvalue weighted by atomic mass is 10.1. The third kappa shape index (κ3) is 4.96. The number of nitrogens with zero attached hydrogens (tertiary/aromatic N) is 2. The number of amides is 1. The highest BCUT2D eigenvalue weighted by atomic mass is 16.5. The Morgan fingerprint density at radius 3 is 2.37 bits per heavy atom. The molecular weight excluding hydrogens is 378 g/mol. The van der Waals surface area contributed by atoms with Crippen LogP contribution in [0, 0.1) is 0 Å². The second-order valence-corrected chi connectivity index (χ2v) is 7.14. The third-order valence-electron chi connectivity index (χ3n) is 4.99.